The Kier molecular flexibility index (Phi) is 9.95. The zero-order valence-corrected chi connectivity index (χ0v) is 38.0. The fourth-order valence-corrected chi connectivity index (χ4v) is 10.8. The minimum Gasteiger partial charge on any atom is -0.310 e. The molecule has 1 aliphatic rings. The molecule has 12 aromatic rings. The molecule has 0 N–H and O–H groups in total. The number of para-hydroxylation sites is 3. The van der Waals surface area contributed by atoms with Crippen molar-refractivity contribution in [2.45, 2.75) is 6.42 Å². The molecule has 0 fully saturated rings. The largest absolute Gasteiger partial charge is 0.310 e. The van der Waals surface area contributed by atoms with E-state index in [1.807, 2.05) is 0 Å². The minimum atomic E-state index is 0.921. The van der Waals surface area contributed by atoms with E-state index in [2.05, 4.69) is 276 Å². The van der Waals surface area contributed by atoms with Crippen LogP contribution in [0.3, 0.4) is 0 Å². The third-order valence-corrected chi connectivity index (χ3v) is 14.0. The second-order valence-electron chi connectivity index (χ2n) is 18.1. The molecule has 0 bridgehead atoms. The molecule has 0 amide bonds. The van der Waals surface area contributed by atoms with Gasteiger partial charge in [-0.05, 0) is 157 Å². The molecule has 11 aromatic carbocycles. The zero-order chi connectivity index (χ0) is 45.7. The van der Waals surface area contributed by atoms with Gasteiger partial charge in [0.15, 0.2) is 0 Å². The van der Waals surface area contributed by atoms with Crippen molar-refractivity contribution in [3.8, 4) is 72.4 Å². The number of fused-ring (bicyclic) bond motifs is 6. The lowest BCUT2D eigenvalue weighted by molar-refractivity contribution is 1.18. The normalized spacial score (nSPS) is 11.7. The molecule has 0 atom stereocenters. The molecule has 0 saturated heterocycles. The summed E-state index contributed by atoms with van der Waals surface area (Å²) in [6, 6.07) is 97.5. The van der Waals surface area contributed by atoms with Crippen LogP contribution in [0.4, 0.5) is 17.1 Å². The summed E-state index contributed by atoms with van der Waals surface area (Å²) in [6.07, 6.45) is 0.921. The van der Waals surface area contributed by atoms with Crippen LogP contribution in [0.1, 0.15) is 11.1 Å². The van der Waals surface area contributed by atoms with E-state index < -0.39 is 0 Å². The maximum absolute atomic E-state index is 2.45. The lowest BCUT2D eigenvalue weighted by Gasteiger charge is -2.26. The van der Waals surface area contributed by atoms with Crippen LogP contribution in [-0.2, 0) is 6.42 Å². The summed E-state index contributed by atoms with van der Waals surface area (Å²) in [5.41, 5.74) is 24.4. The molecule has 1 aromatic heterocycles. The molecule has 0 unspecified atom stereocenters. The molecule has 0 aliphatic heterocycles. The third-order valence-electron chi connectivity index (χ3n) is 14.0. The smallest absolute Gasteiger partial charge is 0.0547 e. The lowest BCUT2D eigenvalue weighted by atomic mass is 9.89. The van der Waals surface area contributed by atoms with Crippen molar-refractivity contribution in [2.24, 2.45) is 0 Å². The summed E-state index contributed by atoms with van der Waals surface area (Å²) in [4.78, 5) is 2.35. The van der Waals surface area contributed by atoms with E-state index in [1.165, 1.54) is 99.7 Å². The van der Waals surface area contributed by atoms with Gasteiger partial charge in [0.2, 0.25) is 0 Å². The summed E-state index contributed by atoms with van der Waals surface area (Å²) in [5, 5.41) is 2.52. The van der Waals surface area contributed by atoms with E-state index in [-0.39, 0.29) is 0 Å². The zero-order valence-electron chi connectivity index (χ0n) is 38.0. The van der Waals surface area contributed by atoms with Gasteiger partial charge < -0.3 is 9.47 Å². The standard InChI is InChI=1S/C67H46N2/c1-4-17-46(18-5-1)47-35-38-57(39-36-47)68(55-23-6-2-7-24-55)58-27-15-20-49(43-58)48-19-14-21-50(41-48)61-31-16-22-54-42-51-33-34-52(44-64(51)67(54)61)59-28-10-11-29-60(59)53-37-40-63-62-30-12-13-32-65(62)69(66(63)45-53)56-25-8-3-9-26-56/h1-41,43-45H,42H2. The molecule has 0 spiro atoms. The van der Waals surface area contributed by atoms with Gasteiger partial charge in [0, 0.05) is 33.5 Å². The Balaban J connectivity index is 0.862. The van der Waals surface area contributed by atoms with Crippen molar-refractivity contribution in [2.75, 3.05) is 4.90 Å². The Morgan fingerprint density at radius 2 is 0.797 bits per heavy atom. The Morgan fingerprint density at radius 1 is 0.275 bits per heavy atom. The summed E-state index contributed by atoms with van der Waals surface area (Å²) in [7, 11) is 0. The number of hydrogen-bond acceptors (Lipinski definition) is 1. The van der Waals surface area contributed by atoms with Crippen LogP contribution in [0.2, 0.25) is 0 Å². The van der Waals surface area contributed by atoms with Crippen molar-refractivity contribution in [3.05, 3.63) is 278 Å². The first-order valence-corrected chi connectivity index (χ1v) is 23.9. The Hall–Kier alpha value is -8.98. The number of anilines is 3. The average molecular weight is 879 g/mol. The molecular weight excluding hydrogens is 833 g/mol. The Labute approximate surface area is 403 Å². The molecule has 13 rings (SSSR count). The first kappa shape index (κ1) is 40.3. The van der Waals surface area contributed by atoms with E-state index in [4.69, 9.17) is 0 Å². The fourth-order valence-electron chi connectivity index (χ4n) is 10.8. The molecule has 2 nitrogen and oxygen atoms in total. The minimum absolute atomic E-state index is 0.921. The highest BCUT2D eigenvalue weighted by atomic mass is 15.1. The van der Waals surface area contributed by atoms with E-state index >= 15 is 0 Å². The van der Waals surface area contributed by atoms with Crippen molar-refractivity contribution >= 4 is 38.9 Å². The fraction of sp³-hybridized carbons (Fsp3) is 0.0149. The molecule has 324 valence electrons. The van der Waals surface area contributed by atoms with Crippen LogP contribution in [0.15, 0.2) is 267 Å². The van der Waals surface area contributed by atoms with Crippen LogP contribution in [-0.4, -0.2) is 4.57 Å². The second kappa shape index (κ2) is 17.0. The number of hydrogen-bond donors (Lipinski definition) is 0. The molecule has 1 aliphatic carbocycles. The molecule has 69 heavy (non-hydrogen) atoms. The van der Waals surface area contributed by atoms with Gasteiger partial charge in [0.25, 0.3) is 0 Å². The maximum atomic E-state index is 2.45. The predicted molar refractivity (Wildman–Crippen MR) is 291 cm³/mol. The molecular formula is C67H46N2. The summed E-state index contributed by atoms with van der Waals surface area (Å²) < 4.78 is 2.40. The van der Waals surface area contributed by atoms with Crippen molar-refractivity contribution < 1.29 is 0 Å². The highest BCUT2D eigenvalue weighted by molar-refractivity contribution is 6.10. The van der Waals surface area contributed by atoms with Crippen molar-refractivity contribution in [3.63, 3.8) is 0 Å². The van der Waals surface area contributed by atoms with Crippen LogP contribution in [0, 0.1) is 0 Å². The second-order valence-corrected chi connectivity index (χ2v) is 18.1. The highest BCUT2D eigenvalue weighted by Crippen LogP contribution is 2.47. The molecule has 0 radical (unpaired) electrons. The predicted octanol–water partition coefficient (Wildman–Crippen LogP) is 18.2. The maximum Gasteiger partial charge on any atom is 0.0547 e. The van der Waals surface area contributed by atoms with Crippen LogP contribution in [0.5, 0.6) is 0 Å². The first-order chi connectivity index (χ1) is 34.2. The van der Waals surface area contributed by atoms with E-state index in [0.717, 1.165) is 29.2 Å². The van der Waals surface area contributed by atoms with Crippen LogP contribution in [0.25, 0.3) is 94.3 Å². The molecule has 2 heteroatoms. The highest BCUT2D eigenvalue weighted by Gasteiger charge is 2.24. The number of aromatic nitrogens is 1. The number of nitrogens with zero attached hydrogens (tertiary/aromatic N) is 2. The summed E-state index contributed by atoms with van der Waals surface area (Å²) in [6.45, 7) is 0. The molecule has 1 heterocycles. The van der Waals surface area contributed by atoms with Gasteiger partial charge in [0.05, 0.1) is 11.0 Å². The SMILES string of the molecule is c1ccc(-c2ccc(N(c3ccccc3)c3cccc(-c4cccc(-c5cccc6c5-c5cc(-c7ccccc7-c7ccc8c9ccccc9n(-c9ccccc9)c8c7)ccc5C6)c4)c3)cc2)cc1. The molecule has 0 saturated carbocycles. The van der Waals surface area contributed by atoms with Gasteiger partial charge in [-0.15, -0.1) is 0 Å². The first-order valence-electron chi connectivity index (χ1n) is 23.9. The van der Waals surface area contributed by atoms with Gasteiger partial charge in [-0.3, -0.25) is 0 Å². The van der Waals surface area contributed by atoms with Gasteiger partial charge in [-0.2, -0.15) is 0 Å². The lowest BCUT2D eigenvalue weighted by Crippen LogP contribution is -2.09. The number of benzene rings is 11. The Morgan fingerprint density at radius 3 is 1.59 bits per heavy atom. The topological polar surface area (TPSA) is 8.17 Å². The van der Waals surface area contributed by atoms with Gasteiger partial charge in [0.1, 0.15) is 0 Å². The van der Waals surface area contributed by atoms with Crippen molar-refractivity contribution in [1.82, 2.24) is 4.57 Å². The van der Waals surface area contributed by atoms with Crippen LogP contribution >= 0.6 is 0 Å². The van der Waals surface area contributed by atoms with Gasteiger partial charge >= 0.3 is 0 Å². The van der Waals surface area contributed by atoms with E-state index in [1.54, 1.807) is 0 Å². The average Bonchev–Trinajstić information content (AvgIpc) is 3.97. The summed E-state index contributed by atoms with van der Waals surface area (Å²) in [5.74, 6) is 0. The Bertz CT molecular complexity index is 3850. The van der Waals surface area contributed by atoms with E-state index in [0.29, 0.717) is 0 Å². The summed E-state index contributed by atoms with van der Waals surface area (Å²) >= 11 is 0. The van der Waals surface area contributed by atoms with Crippen molar-refractivity contribution in [1.29, 1.82) is 0 Å². The third kappa shape index (κ3) is 7.22. The van der Waals surface area contributed by atoms with Gasteiger partial charge in [-0.1, -0.05) is 194 Å². The van der Waals surface area contributed by atoms with E-state index in [9.17, 15) is 0 Å². The quantitative estimate of drug-likeness (QED) is 0.140. The van der Waals surface area contributed by atoms with Crippen LogP contribution < -0.4 is 4.90 Å². The number of rotatable bonds is 9. The van der Waals surface area contributed by atoms with Gasteiger partial charge in [-0.25, -0.2) is 0 Å². The monoisotopic (exact) mass is 878 g/mol.